The van der Waals surface area contributed by atoms with E-state index in [0.29, 0.717) is 12.1 Å². The number of hydrogen-bond donors (Lipinski definition) is 3. The third kappa shape index (κ3) is 2.56. The normalized spacial score (nSPS) is 25.7. The molecule has 4 N–H and O–H groups in total. The van der Waals surface area contributed by atoms with Gasteiger partial charge in [-0.05, 0) is 31.9 Å². The predicted molar refractivity (Wildman–Crippen MR) is 62.3 cm³/mol. The average molecular weight is 205 g/mol. The first kappa shape index (κ1) is 10.6. The second kappa shape index (κ2) is 4.75. The zero-order valence-corrected chi connectivity index (χ0v) is 9.16. The average Bonchev–Trinajstić information content (AvgIpc) is 2.68. The van der Waals surface area contributed by atoms with Gasteiger partial charge in [-0.2, -0.15) is 0 Å². The van der Waals surface area contributed by atoms with Crippen LogP contribution >= 0.6 is 0 Å². The molecule has 0 bridgehead atoms. The molecule has 1 aliphatic rings. The molecule has 1 saturated heterocycles. The standard InChI is InChI=1S/C12H19N3/c1-9-2-4-10(5-3-9)12-8-11(6-7-13)14-15-12/h2-5,11-12,14-15H,6-8,13H2,1H3. The van der Waals surface area contributed by atoms with E-state index in [1.807, 2.05) is 0 Å². The third-order valence-electron chi connectivity index (χ3n) is 2.98. The van der Waals surface area contributed by atoms with E-state index in [4.69, 9.17) is 5.73 Å². The van der Waals surface area contributed by atoms with Gasteiger partial charge in [0.2, 0.25) is 0 Å². The number of aryl methyl sites for hydroxylation is 1. The summed E-state index contributed by atoms with van der Waals surface area (Å²) < 4.78 is 0. The van der Waals surface area contributed by atoms with Crippen molar-refractivity contribution < 1.29 is 0 Å². The molecule has 0 saturated carbocycles. The minimum Gasteiger partial charge on any atom is -0.330 e. The maximum Gasteiger partial charge on any atom is 0.0477 e. The summed E-state index contributed by atoms with van der Waals surface area (Å²) in [4.78, 5) is 0. The lowest BCUT2D eigenvalue weighted by Crippen LogP contribution is -2.32. The van der Waals surface area contributed by atoms with Crippen molar-refractivity contribution in [2.75, 3.05) is 6.54 Å². The van der Waals surface area contributed by atoms with Gasteiger partial charge in [0.05, 0.1) is 0 Å². The van der Waals surface area contributed by atoms with Crippen LogP contribution in [0.3, 0.4) is 0 Å². The molecule has 1 fully saturated rings. The van der Waals surface area contributed by atoms with Gasteiger partial charge in [0, 0.05) is 12.1 Å². The minimum absolute atomic E-state index is 0.433. The lowest BCUT2D eigenvalue weighted by atomic mass is 10.00. The van der Waals surface area contributed by atoms with Crippen molar-refractivity contribution >= 4 is 0 Å². The zero-order valence-electron chi connectivity index (χ0n) is 9.16. The summed E-state index contributed by atoms with van der Waals surface area (Å²) >= 11 is 0. The van der Waals surface area contributed by atoms with Crippen LogP contribution in [0.15, 0.2) is 24.3 Å². The molecule has 0 radical (unpaired) electrons. The maximum absolute atomic E-state index is 5.54. The molecule has 82 valence electrons. The molecule has 2 rings (SSSR count). The molecule has 1 heterocycles. The SMILES string of the molecule is Cc1ccc(C2CC(CCN)NN2)cc1. The number of nitrogens with one attached hydrogen (secondary N) is 2. The number of benzene rings is 1. The Bertz CT molecular complexity index is 307. The molecule has 0 amide bonds. The van der Waals surface area contributed by atoms with Gasteiger partial charge in [-0.15, -0.1) is 0 Å². The first-order valence-electron chi connectivity index (χ1n) is 5.57. The maximum atomic E-state index is 5.54. The van der Waals surface area contributed by atoms with E-state index >= 15 is 0 Å². The number of hydrogen-bond acceptors (Lipinski definition) is 3. The molecule has 3 nitrogen and oxygen atoms in total. The molecular weight excluding hydrogens is 186 g/mol. The number of hydrazine groups is 1. The lowest BCUT2D eigenvalue weighted by Gasteiger charge is -2.09. The summed E-state index contributed by atoms with van der Waals surface area (Å²) in [5.74, 6) is 0. The van der Waals surface area contributed by atoms with Crippen LogP contribution in [0.25, 0.3) is 0 Å². The van der Waals surface area contributed by atoms with E-state index in [2.05, 4.69) is 42.0 Å². The van der Waals surface area contributed by atoms with E-state index in [0.717, 1.165) is 19.4 Å². The summed E-state index contributed by atoms with van der Waals surface area (Å²) in [6.45, 7) is 2.86. The van der Waals surface area contributed by atoms with Crippen LogP contribution in [-0.2, 0) is 0 Å². The van der Waals surface area contributed by atoms with Crippen molar-refractivity contribution in [1.29, 1.82) is 0 Å². The van der Waals surface area contributed by atoms with E-state index in [1.54, 1.807) is 0 Å². The Morgan fingerprint density at radius 2 is 2.00 bits per heavy atom. The van der Waals surface area contributed by atoms with Crippen LogP contribution in [0, 0.1) is 6.92 Å². The molecule has 2 unspecified atom stereocenters. The Labute approximate surface area is 91.0 Å². The van der Waals surface area contributed by atoms with Gasteiger partial charge in [0.25, 0.3) is 0 Å². The zero-order chi connectivity index (χ0) is 10.7. The molecule has 2 atom stereocenters. The van der Waals surface area contributed by atoms with Crippen LogP contribution < -0.4 is 16.6 Å². The van der Waals surface area contributed by atoms with Crippen molar-refractivity contribution in [3.05, 3.63) is 35.4 Å². The Kier molecular flexibility index (Phi) is 3.36. The molecule has 3 heteroatoms. The van der Waals surface area contributed by atoms with Crippen LogP contribution in [0.2, 0.25) is 0 Å². The van der Waals surface area contributed by atoms with Gasteiger partial charge in [0.15, 0.2) is 0 Å². The van der Waals surface area contributed by atoms with Gasteiger partial charge in [-0.3, -0.25) is 10.9 Å². The fraction of sp³-hybridized carbons (Fsp3) is 0.500. The van der Waals surface area contributed by atoms with E-state index in [1.165, 1.54) is 11.1 Å². The predicted octanol–water partition coefficient (Wildman–Crippen LogP) is 1.25. The summed E-state index contributed by atoms with van der Waals surface area (Å²) in [6.07, 6.45) is 2.16. The lowest BCUT2D eigenvalue weighted by molar-refractivity contribution is 0.521. The van der Waals surface area contributed by atoms with Crippen molar-refractivity contribution in [2.45, 2.75) is 31.8 Å². The smallest absolute Gasteiger partial charge is 0.0477 e. The highest BCUT2D eigenvalue weighted by Crippen LogP contribution is 2.23. The molecule has 1 aromatic rings. The van der Waals surface area contributed by atoms with Gasteiger partial charge >= 0.3 is 0 Å². The van der Waals surface area contributed by atoms with Crippen molar-refractivity contribution in [3.8, 4) is 0 Å². The Hall–Kier alpha value is -0.900. The summed E-state index contributed by atoms with van der Waals surface area (Å²) in [5.41, 5.74) is 14.8. The summed E-state index contributed by atoms with van der Waals surface area (Å²) in [6, 6.07) is 9.66. The number of nitrogens with two attached hydrogens (primary N) is 1. The first-order valence-corrected chi connectivity index (χ1v) is 5.57. The topological polar surface area (TPSA) is 50.1 Å². The van der Waals surface area contributed by atoms with E-state index in [-0.39, 0.29) is 0 Å². The van der Waals surface area contributed by atoms with Crippen LogP contribution in [0.5, 0.6) is 0 Å². The Balaban J connectivity index is 1.98. The molecular formula is C12H19N3. The fourth-order valence-corrected chi connectivity index (χ4v) is 2.03. The highest BCUT2D eigenvalue weighted by atomic mass is 15.4. The largest absolute Gasteiger partial charge is 0.330 e. The van der Waals surface area contributed by atoms with Gasteiger partial charge in [0.1, 0.15) is 0 Å². The number of rotatable bonds is 3. The van der Waals surface area contributed by atoms with Crippen molar-refractivity contribution in [2.24, 2.45) is 5.73 Å². The quantitative estimate of drug-likeness (QED) is 0.696. The summed E-state index contributed by atoms with van der Waals surface area (Å²) in [7, 11) is 0. The minimum atomic E-state index is 0.433. The van der Waals surface area contributed by atoms with Crippen LogP contribution in [0.4, 0.5) is 0 Å². The molecule has 0 aliphatic carbocycles. The summed E-state index contributed by atoms with van der Waals surface area (Å²) in [5, 5.41) is 0. The van der Waals surface area contributed by atoms with Crippen molar-refractivity contribution in [1.82, 2.24) is 10.9 Å². The molecule has 15 heavy (non-hydrogen) atoms. The molecule has 1 aromatic carbocycles. The molecule has 0 spiro atoms. The van der Waals surface area contributed by atoms with Crippen LogP contribution in [-0.4, -0.2) is 12.6 Å². The molecule has 0 aromatic heterocycles. The van der Waals surface area contributed by atoms with E-state index < -0.39 is 0 Å². The van der Waals surface area contributed by atoms with Gasteiger partial charge < -0.3 is 5.73 Å². The van der Waals surface area contributed by atoms with Crippen molar-refractivity contribution in [3.63, 3.8) is 0 Å². The highest BCUT2D eigenvalue weighted by Gasteiger charge is 2.23. The van der Waals surface area contributed by atoms with Gasteiger partial charge in [-0.25, -0.2) is 0 Å². The van der Waals surface area contributed by atoms with Gasteiger partial charge in [-0.1, -0.05) is 29.8 Å². The third-order valence-corrected chi connectivity index (χ3v) is 2.98. The fourth-order valence-electron chi connectivity index (χ4n) is 2.03. The molecule has 1 aliphatic heterocycles. The first-order chi connectivity index (χ1) is 7.29. The van der Waals surface area contributed by atoms with Crippen LogP contribution in [0.1, 0.15) is 30.0 Å². The second-order valence-corrected chi connectivity index (χ2v) is 4.26. The highest BCUT2D eigenvalue weighted by molar-refractivity contribution is 5.24. The Morgan fingerprint density at radius 3 is 2.67 bits per heavy atom. The monoisotopic (exact) mass is 205 g/mol. The second-order valence-electron chi connectivity index (χ2n) is 4.26. The Morgan fingerprint density at radius 1 is 1.27 bits per heavy atom. The van der Waals surface area contributed by atoms with E-state index in [9.17, 15) is 0 Å².